The Morgan fingerprint density at radius 3 is 2.50 bits per heavy atom. The highest BCUT2D eigenvalue weighted by atomic mass is 15.1. The van der Waals surface area contributed by atoms with Gasteiger partial charge in [0.1, 0.15) is 0 Å². The quantitative estimate of drug-likeness (QED) is 0.792. The Kier molecular flexibility index (Phi) is 4.91. The van der Waals surface area contributed by atoms with E-state index in [0.717, 1.165) is 35.6 Å². The van der Waals surface area contributed by atoms with Crippen molar-refractivity contribution >= 4 is 5.69 Å². The van der Waals surface area contributed by atoms with Crippen molar-refractivity contribution < 1.29 is 0 Å². The third-order valence-corrected chi connectivity index (χ3v) is 4.08. The smallest absolute Gasteiger partial charge is 0.0723 e. The standard InChI is InChI=1S/C18H28N4/c1-12-6-7-14(10-13(12)2)20-9-8-16-15(11-19)17(22-21-16)18(3,4)5/h6-7,10,20H,8-9,11,19H2,1-5H3,(H,21,22). The zero-order chi connectivity index (χ0) is 16.3. The number of H-pyrrole nitrogens is 1. The van der Waals surface area contributed by atoms with Crippen LogP contribution < -0.4 is 11.1 Å². The minimum Gasteiger partial charge on any atom is -0.385 e. The fourth-order valence-corrected chi connectivity index (χ4v) is 2.63. The lowest BCUT2D eigenvalue weighted by molar-refractivity contribution is 0.560. The van der Waals surface area contributed by atoms with Crippen LogP contribution in [0.5, 0.6) is 0 Å². The van der Waals surface area contributed by atoms with E-state index in [0.29, 0.717) is 6.54 Å². The molecule has 0 radical (unpaired) electrons. The lowest BCUT2D eigenvalue weighted by atomic mass is 9.88. The van der Waals surface area contributed by atoms with Crippen LogP contribution >= 0.6 is 0 Å². The first-order valence-electron chi connectivity index (χ1n) is 7.90. The van der Waals surface area contributed by atoms with E-state index in [-0.39, 0.29) is 5.41 Å². The number of rotatable bonds is 5. The maximum atomic E-state index is 5.93. The number of nitrogens with zero attached hydrogens (tertiary/aromatic N) is 1. The van der Waals surface area contributed by atoms with E-state index in [2.05, 4.69) is 68.3 Å². The predicted molar refractivity (Wildman–Crippen MR) is 93.3 cm³/mol. The van der Waals surface area contributed by atoms with Gasteiger partial charge in [0.15, 0.2) is 0 Å². The second kappa shape index (κ2) is 6.53. The Hall–Kier alpha value is -1.81. The molecule has 2 aromatic rings. The van der Waals surface area contributed by atoms with Crippen molar-refractivity contribution in [3.63, 3.8) is 0 Å². The van der Waals surface area contributed by atoms with Crippen LogP contribution in [0.25, 0.3) is 0 Å². The molecular formula is C18H28N4. The molecule has 0 fully saturated rings. The van der Waals surface area contributed by atoms with Crippen LogP contribution in [0.4, 0.5) is 5.69 Å². The first-order chi connectivity index (χ1) is 10.3. The summed E-state index contributed by atoms with van der Waals surface area (Å²) in [7, 11) is 0. The average Bonchev–Trinajstić information content (AvgIpc) is 2.86. The molecule has 1 aromatic carbocycles. The first kappa shape index (κ1) is 16.6. The van der Waals surface area contributed by atoms with Crippen LogP contribution in [-0.2, 0) is 18.4 Å². The molecule has 0 aliphatic rings. The molecule has 4 nitrogen and oxygen atoms in total. The maximum absolute atomic E-state index is 5.93. The molecule has 0 aliphatic carbocycles. The largest absolute Gasteiger partial charge is 0.385 e. The van der Waals surface area contributed by atoms with E-state index in [4.69, 9.17) is 5.73 Å². The van der Waals surface area contributed by atoms with Crippen molar-refractivity contribution in [2.75, 3.05) is 11.9 Å². The number of anilines is 1. The minimum atomic E-state index is 0.0188. The molecule has 2 rings (SSSR count). The molecule has 120 valence electrons. The second-order valence-electron chi connectivity index (χ2n) is 6.96. The molecule has 0 atom stereocenters. The summed E-state index contributed by atoms with van der Waals surface area (Å²) in [6, 6.07) is 6.46. The van der Waals surface area contributed by atoms with Gasteiger partial charge in [-0.25, -0.2) is 0 Å². The third kappa shape index (κ3) is 3.69. The summed E-state index contributed by atoms with van der Waals surface area (Å²) >= 11 is 0. The number of nitrogens with one attached hydrogen (secondary N) is 2. The molecule has 0 unspecified atom stereocenters. The molecule has 0 aliphatic heterocycles. The van der Waals surface area contributed by atoms with Gasteiger partial charge in [-0.1, -0.05) is 26.8 Å². The predicted octanol–water partition coefficient (Wildman–Crippen LogP) is 3.44. The van der Waals surface area contributed by atoms with Crippen molar-refractivity contribution in [3.8, 4) is 0 Å². The van der Waals surface area contributed by atoms with Gasteiger partial charge in [-0.3, -0.25) is 5.10 Å². The summed E-state index contributed by atoms with van der Waals surface area (Å²) in [5, 5.41) is 11.1. The fourth-order valence-electron chi connectivity index (χ4n) is 2.63. The Labute approximate surface area is 133 Å². The summed E-state index contributed by atoms with van der Waals surface area (Å²) in [6.07, 6.45) is 0.891. The van der Waals surface area contributed by atoms with E-state index in [9.17, 15) is 0 Å². The van der Waals surface area contributed by atoms with Crippen molar-refractivity contribution in [1.82, 2.24) is 10.2 Å². The Balaban J connectivity index is 2.03. The molecule has 1 aromatic heterocycles. The van der Waals surface area contributed by atoms with E-state index in [1.165, 1.54) is 11.1 Å². The first-order valence-corrected chi connectivity index (χ1v) is 7.90. The van der Waals surface area contributed by atoms with E-state index in [1.54, 1.807) is 0 Å². The highest BCUT2D eigenvalue weighted by Gasteiger charge is 2.22. The minimum absolute atomic E-state index is 0.0188. The maximum Gasteiger partial charge on any atom is 0.0723 e. The lowest BCUT2D eigenvalue weighted by Gasteiger charge is -2.17. The van der Waals surface area contributed by atoms with Crippen molar-refractivity contribution in [3.05, 3.63) is 46.3 Å². The Bertz CT molecular complexity index is 635. The summed E-state index contributed by atoms with van der Waals surface area (Å²) in [6.45, 7) is 12.2. The molecule has 0 spiro atoms. The van der Waals surface area contributed by atoms with Crippen molar-refractivity contribution in [1.29, 1.82) is 0 Å². The summed E-state index contributed by atoms with van der Waals surface area (Å²) in [4.78, 5) is 0. The van der Waals surface area contributed by atoms with Gasteiger partial charge in [0.2, 0.25) is 0 Å². The summed E-state index contributed by atoms with van der Waals surface area (Å²) < 4.78 is 0. The summed E-state index contributed by atoms with van der Waals surface area (Å²) in [5.74, 6) is 0. The summed E-state index contributed by atoms with van der Waals surface area (Å²) in [5.41, 5.74) is 13.1. The third-order valence-electron chi connectivity index (χ3n) is 4.08. The SMILES string of the molecule is Cc1ccc(NCCc2[nH]nc(C(C)(C)C)c2CN)cc1C. The molecule has 4 heteroatoms. The number of nitrogens with two attached hydrogens (primary N) is 1. The topological polar surface area (TPSA) is 66.7 Å². The van der Waals surface area contributed by atoms with Gasteiger partial charge in [-0.05, 0) is 37.1 Å². The second-order valence-corrected chi connectivity index (χ2v) is 6.96. The van der Waals surface area contributed by atoms with Gasteiger partial charge in [0.25, 0.3) is 0 Å². The fraction of sp³-hybridized carbons (Fsp3) is 0.500. The van der Waals surface area contributed by atoms with Gasteiger partial charge in [-0.2, -0.15) is 5.10 Å². The zero-order valence-corrected chi connectivity index (χ0v) is 14.4. The van der Waals surface area contributed by atoms with Crippen LogP contribution in [0.3, 0.4) is 0 Å². The highest BCUT2D eigenvalue weighted by molar-refractivity contribution is 5.48. The Morgan fingerprint density at radius 1 is 1.18 bits per heavy atom. The number of benzene rings is 1. The van der Waals surface area contributed by atoms with Crippen LogP contribution in [0.2, 0.25) is 0 Å². The molecule has 4 N–H and O–H groups in total. The molecule has 1 heterocycles. The number of aromatic nitrogens is 2. The van der Waals surface area contributed by atoms with Gasteiger partial charge in [-0.15, -0.1) is 0 Å². The number of aromatic amines is 1. The van der Waals surface area contributed by atoms with Gasteiger partial charge in [0.05, 0.1) is 5.69 Å². The lowest BCUT2D eigenvalue weighted by Crippen LogP contribution is -2.16. The van der Waals surface area contributed by atoms with Crippen LogP contribution in [0, 0.1) is 13.8 Å². The van der Waals surface area contributed by atoms with Gasteiger partial charge >= 0.3 is 0 Å². The van der Waals surface area contributed by atoms with E-state index >= 15 is 0 Å². The van der Waals surface area contributed by atoms with Crippen LogP contribution in [0.15, 0.2) is 18.2 Å². The van der Waals surface area contributed by atoms with E-state index < -0.39 is 0 Å². The van der Waals surface area contributed by atoms with Crippen molar-refractivity contribution in [2.45, 2.75) is 53.0 Å². The molecule has 0 bridgehead atoms. The van der Waals surface area contributed by atoms with Gasteiger partial charge < -0.3 is 11.1 Å². The molecule has 0 saturated heterocycles. The zero-order valence-electron chi connectivity index (χ0n) is 14.4. The normalized spacial score (nSPS) is 11.7. The molecule has 0 saturated carbocycles. The van der Waals surface area contributed by atoms with E-state index in [1.807, 2.05) is 0 Å². The van der Waals surface area contributed by atoms with Crippen molar-refractivity contribution in [2.24, 2.45) is 5.73 Å². The molecular weight excluding hydrogens is 272 g/mol. The monoisotopic (exact) mass is 300 g/mol. The molecule has 22 heavy (non-hydrogen) atoms. The van der Waals surface area contributed by atoms with Gasteiger partial charge in [0, 0.05) is 41.9 Å². The average molecular weight is 300 g/mol. The van der Waals surface area contributed by atoms with Crippen LogP contribution in [-0.4, -0.2) is 16.7 Å². The number of aryl methyl sites for hydroxylation is 2. The number of hydrogen-bond donors (Lipinski definition) is 3. The molecule has 0 amide bonds. The van der Waals surface area contributed by atoms with Crippen LogP contribution in [0.1, 0.15) is 48.8 Å². The Morgan fingerprint density at radius 2 is 1.91 bits per heavy atom. The highest BCUT2D eigenvalue weighted by Crippen LogP contribution is 2.25. The number of hydrogen-bond acceptors (Lipinski definition) is 3.